The lowest BCUT2D eigenvalue weighted by Gasteiger charge is -2.39. The van der Waals surface area contributed by atoms with Crippen molar-refractivity contribution in [1.82, 2.24) is 10.6 Å². The number of hydrogen-bond acceptors (Lipinski definition) is 3. The second kappa shape index (κ2) is 6.48. The molecule has 116 valence electrons. The first-order valence-electron chi connectivity index (χ1n) is 7.69. The van der Waals surface area contributed by atoms with Crippen LogP contribution in [0.3, 0.4) is 0 Å². The van der Waals surface area contributed by atoms with Crippen LogP contribution in [0.2, 0.25) is 0 Å². The molecule has 1 unspecified atom stereocenters. The minimum absolute atomic E-state index is 0.184. The molecule has 1 aromatic carbocycles. The Labute approximate surface area is 127 Å². The average Bonchev–Trinajstić information content (AvgIpc) is 2.45. The topological polar surface area (TPSA) is 50.4 Å². The Hall–Kier alpha value is -1.55. The van der Waals surface area contributed by atoms with Crippen molar-refractivity contribution < 1.29 is 9.53 Å². The molecular formula is C17H26N2O2. The van der Waals surface area contributed by atoms with Gasteiger partial charge in [0.2, 0.25) is 0 Å². The highest BCUT2D eigenvalue weighted by Gasteiger charge is 2.34. The van der Waals surface area contributed by atoms with E-state index >= 15 is 0 Å². The van der Waals surface area contributed by atoms with Gasteiger partial charge in [0.25, 0.3) is 0 Å². The number of benzene rings is 1. The van der Waals surface area contributed by atoms with Crippen LogP contribution in [0.4, 0.5) is 4.79 Å². The Morgan fingerprint density at radius 3 is 2.57 bits per heavy atom. The molecule has 2 N–H and O–H groups in total. The van der Waals surface area contributed by atoms with Crippen LogP contribution in [0.5, 0.6) is 0 Å². The Kier molecular flexibility index (Phi) is 4.88. The van der Waals surface area contributed by atoms with Crippen molar-refractivity contribution in [2.24, 2.45) is 0 Å². The molecule has 1 aliphatic heterocycles. The second-order valence-electron chi connectivity index (χ2n) is 6.69. The normalized spacial score (nSPS) is 22.6. The van der Waals surface area contributed by atoms with Crippen molar-refractivity contribution in [3.63, 3.8) is 0 Å². The van der Waals surface area contributed by atoms with Crippen molar-refractivity contribution >= 4 is 6.09 Å². The molecule has 1 aromatic rings. The standard InChI is InChI=1S/C17H26N2O2/c1-16(2,3)21-15(20)18-13-17(11-7-8-12-19-17)14-9-5-4-6-10-14/h4-6,9-10,19H,7-8,11-13H2,1-3H3,(H,18,20). The van der Waals surface area contributed by atoms with Crippen molar-refractivity contribution in [2.75, 3.05) is 13.1 Å². The van der Waals surface area contributed by atoms with Crippen LogP contribution in [0.1, 0.15) is 45.6 Å². The Morgan fingerprint density at radius 2 is 2.00 bits per heavy atom. The lowest BCUT2D eigenvalue weighted by molar-refractivity contribution is 0.0502. The smallest absolute Gasteiger partial charge is 0.407 e. The molecule has 0 bridgehead atoms. The fourth-order valence-electron chi connectivity index (χ4n) is 2.76. The molecule has 0 aromatic heterocycles. The van der Waals surface area contributed by atoms with E-state index in [1.807, 2.05) is 39.0 Å². The summed E-state index contributed by atoms with van der Waals surface area (Å²) in [4.78, 5) is 11.9. The predicted octanol–water partition coefficient (Wildman–Crippen LogP) is 3.18. The van der Waals surface area contributed by atoms with Crippen LogP contribution in [0.25, 0.3) is 0 Å². The number of piperidine rings is 1. The van der Waals surface area contributed by atoms with Gasteiger partial charge in [-0.2, -0.15) is 0 Å². The third-order valence-corrected chi connectivity index (χ3v) is 3.75. The van der Waals surface area contributed by atoms with E-state index in [1.54, 1.807) is 0 Å². The number of carbonyl (C=O) groups excluding carboxylic acids is 1. The number of hydrogen-bond donors (Lipinski definition) is 2. The molecule has 1 saturated heterocycles. The average molecular weight is 290 g/mol. The highest BCUT2D eigenvalue weighted by molar-refractivity contribution is 5.67. The van der Waals surface area contributed by atoms with E-state index in [4.69, 9.17) is 4.74 Å². The van der Waals surface area contributed by atoms with Gasteiger partial charge >= 0.3 is 6.09 Å². The third-order valence-electron chi connectivity index (χ3n) is 3.75. The van der Waals surface area contributed by atoms with E-state index in [9.17, 15) is 4.79 Å². The molecule has 1 aliphatic rings. The number of amides is 1. The Bertz CT molecular complexity index is 459. The molecule has 4 nitrogen and oxygen atoms in total. The minimum atomic E-state index is -0.468. The molecular weight excluding hydrogens is 264 g/mol. The SMILES string of the molecule is CC(C)(C)OC(=O)NCC1(c2ccccc2)CCCCN1. The maximum atomic E-state index is 11.9. The van der Waals surface area contributed by atoms with Crippen LogP contribution in [0.15, 0.2) is 30.3 Å². The number of alkyl carbamates (subject to hydrolysis) is 1. The first-order valence-corrected chi connectivity index (χ1v) is 7.69. The molecule has 1 amide bonds. The lowest BCUT2D eigenvalue weighted by Crippen LogP contribution is -2.53. The molecule has 0 spiro atoms. The Morgan fingerprint density at radius 1 is 1.29 bits per heavy atom. The second-order valence-corrected chi connectivity index (χ2v) is 6.69. The predicted molar refractivity (Wildman–Crippen MR) is 84.2 cm³/mol. The summed E-state index contributed by atoms with van der Waals surface area (Å²) in [6, 6.07) is 10.3. The molecule has 21 heavy (non-hydrogen) atoms. The molecule has 1 atom stereocenters. The zero-order chi connectivity index (χ0) is 15.3. The number of rotatable bonds is 3. The summed E-state index contributed by atoms with van der Waals surface area (Å²) in [5.41, 5.74) is 0.571. The number of nitrogens with one attached hydrogen (secondary N) is 2. The summed E-state index contributed by atoms with van der Waals surface area (Å²) in [6.45, 7) is 7.14. The maximum Gasteiger partial charge on any atom is 0.407 e. The van der Waals surface area contributed by atoms with E-state index in [1.165, 1.54) is 12.0 Å². The van der Waals surface area contributed by atoms with Gasteiger partial charge in [0.05, 0.1) is 5.54 Å². The summed E-state index contributed by atoms with van der Waals surface area (Å²) in [5.74, 6) is 0. The van der Waals surface area contributed by atoms with E-state index in [0.29, 0.717) is 6.54 Å². The van der Waals surface area contributed by atoms with Gasteiger partial charge in [0.1, 0.15) is 5.60 Å². The van der Waals surface area contributed by atoms with E-state index in [2.05, 4.69) is 22.8 Å². The zero-order valence-electron chi connectivity index (χ0n) is 13.2. The Balaban J connectivity index is 2.06. The summed E-state index contributed by atoms with van der Waals surface area (Å²) in [6.07, 6.45) is 3.01. The van der Waals surface area contributed by atoms with Crippen LogP contribution < -0.4 is 10.6 Å². The van der Waals surface area contributed by atoms with Crippen LogP contribution in [-0.4, -0.2) is 24.8 Å². The third kappa shape index (κ3) is 4.46. The lowest BCUT2D eigenvalue weighted by atomic mass is 9.82. The molecule has 1 heterocycles. The van der Waals surface area contributed by atoms with Crippen molar-refractivity contribution in [1.29, 1.82) is 0 Å². The van der Waals surface area contributed by atoms with Gasteiger partial charge in [-0.15, -0.1) is 0 Å². The molecule has 0 radical (unpaired) electrons. The van der Waals surface area contributed by atoms with Gasteiger partial charge < -0.3 is 15.4 Å². The van der Waals surface area contributed by atoms with Crippen molar-refractivity contribution in [3.8, 4) is 0 Å². The minimum Gasteiger partial charge on any atom is -0.444 e. The van der Waals surface area contributed by atoms with E-state index in [-0.39, 0.29) is 11.6 Å². The zero-order valence-corrected chi connectivity index (χ0v) is 13.2. The monoisotopic (exact) mass is 290 g/mol. The van der Waals surface area contributed by atoms with Gasteiger partial charge in [0.15, 0.2) is 0 Å². The number of carbonyl (C=O) groups is 1. The van der Waals surface area contributed by atoms with Crippen LogP contribution >= 0.6 is 0 Å². The summed E-state index contributed by atoms with van der Waals surface area (Å²) < 4.78 is 5.33. The molecule has 1 fully saturated rings. The summed E-state index contributed by atoms with van der Waals surface area (Å²) in [5, 5.41) is 6.52. The van der Waals surface area contributed by atoms with Gasteiger partial charge in [0, 0.05) is 6.54 Å². The molecule has 0 saturated carbocycles. The highest BCUT2D eigenvalue weighted by Crippen LogP contribution is 2.29. The quantitative estimate of drug-likeness (QED) is 0.899. The van der Waals surface area contributed by atoms with Crippen LogP contribution in [-0.2, 0) is 10.3 Å². The fraction of sp³-hybridized carbons (Fsp3) is 0.588. The van der Waals surface area contributed by atoms with Crippen molar-refractivity contribution in [3.05, 3.63) is 35.9 Å². The summed E-state index contributed by atoms with van der Waals surface area (Å²) in [7, 11) is 0. The molecule has 0 aliphatic carbocycles. The van der Waals surface area contributed by atoms with E-state index < -0.39 is 5.60 Å². The first-order chi connectivity index (χ1) is 9.91. The van der Waals surface area contributed by atoms with Gasteiger partial charge in [-0.1, -0.05) is 30.3 Å². The largest absolute Gasteiger partial charge is 0.444 e. The van der Waals surface area contributed by atoms with Gasteiger partial charge in [-0.25, -0.2) is 4.79 Å². The van der Waals surface area contributed by atoms with Gasteiger partial charge in [-0.05, 0) is 52.1 Å². The number of ether oxygens (including phenoxy) is 1. The van der Waals surface area contributed by atoms with E-state index in [0.717, 1.165) is 19.4 Å². The first kappa shape index (κ1) is 15.8. The maximum absolute atomic E-state index is 11.9. The molecule has 4 heteroatoms. The fourth-order valence-corrected chi connectivity index (χ4v) is 2.76. The highest BCUT2D eigenvalue weighted by atomic mass is 16.6. The van der Waals surface area contributed by atoms with Crippen molar-refractivity contribution in [2.45, 2.75) is 51.2 Å². The van der Waals surface area contributed by atoms with Crippen LogP contribution in [0, 0.1) is 0 Å². The molecule has 2 rings (SSSR count). The van der Waals surface area contributed by atoms with Gasteiger partial charge in [-0.3, -0.25) is 0 Å². The summed E-state index contributed by atoms with van der Waals surface area (Å²) >= 11 is 0.